The number of methoxy groups -OCH3 is 1. The van der Waals surface area contributed by atoms with Gasteiger partial charge in [-0.2, -0.15) is 0 Å². The lowest BCUT2D eigenvalue weighted by atomic mass is 9.91. The predicted octanol–water partition coefficient (Wildman–Crippen LogP) is 4.75. The zero-order chi connectivity index (χ0) is 57.4. The third kappa shape index (κ3) is 17.5. The lowest BCUT2D eigenvalue weighted by Gasteiger charge is -2.36. The summed E-state index contributed by atoms with van der Waals surface area (Å²) in [5, 5.41) is 20.1. The summed E-state index contributed by atoms with van der Waals surface area (Å²) < 4.78 is 22.8. The molecule has 2 aromatic carbocycles. The minimum atomic E-state index is -1.72. The molecule has 0 saturated carbocycles. The molecule has 4 N–H and O–H groups in total. The number of likely N-dealkylation sites (N-methyl/N-ethyl adjacent to an activating group) is 2. The highest BCUT2D eigenvalue weighted by molar-refractivity contribution is 6.05. The summed E-state index contributed by atoms with van der Waals surface area (Å²) in [6, 6.07) is 7.97. The number of nitrogens with zero attached hydrogens (tertiary/aromatic N) is 3. The molecule has 77 heavy (non-hydrogen) atoms. The van der Waals surface area contributed by atoms with E-state index in [9.17, 15) is 48.3 Å². The van der Waals surface area contributed by atoms with Crippen molar-refractivity contribution < 1.29 is 67.2 Å². The Morgan fingerprint density at radius 2 is 1.51 bits per heavy atom. The minimum absolute atomic E-state index is 0.0856. The molecule has 2 fully saturated rings. The third-order valence-electron chi connectivity index (χ3n) is 14.4. The quantitative estimate of drug-likeness (QED) is 0.107. The van der Waals surface area contributed by atoms with Gasteiger partial charge in [0, 0.05) is 27.1 Å². The molecular formula is C57H84N6O14. The number of fused-ring (bicyclic) bond motifs is 1. The number of hydrogen-bond donors (Lipinski definition) is 4. The van der Waals surface area contributed by atoms with Crippen LogP contribution in [0.2, 0.25) is 0 Å². The number of aliphatic hydroxyl groups excluding tert-OH is 1. The molecule has 20 nitrogen and oxygen atoms in total. The summed E-state index contributed by atoms with van der Waals surface area (Å²) in [7, 11) is 4.30. The standard InChI is InChI=1S/C57H84N6O14/c1-14-35(8)47-45(64)30-46(65)77-50(34(6)7)49(66)36(9)51(67)58-41(27-32(2)3)54(70)63-26-18-21-42(63)55(71)61(11)44(29-38-22-24-40(74-13)25-23-38)56(72)76-37(10)48(53(69)59-47)60-52(68)43(28-33(4)5)62(12)57(73)75-31-39-19-16-15-17-20-39/h15-17,19-20,22-25,32-37,41-45,47-48,50,64H,14,18,21,26-31H2,1-13H3,(H,58,67)(H,59,69)(H,60,68)/t35-,36-,37+,41?,42-,43+,44?,45+,47?,48?,50?/m0/s1. The highest BCUT2D eigenvalue weighted by Gasteiger charge is 2.45. The van der Waals surface area contributed by atoms with Crippen LogP contribution in [0.4, 0.5) is 4.79 Å². The van der Waals surface area contributed by atoms with Gasteiger partial charge in [-0.1, -0.05) is 104 Å². The van der Waals surface area contributed by atoms with E-state index in [0.29, 0.717) is 29.7 Å². The molecule has 2 heterocycles. The van der Waals surface area contributed by atoms with Gasteiger partial charge in [0.25, 0.3) is 0 Å². The normalized spacial score (nSPS) is 25.6. The van der Waals surface area contributed by atoms with Gasteiger partial charge in [0.1, 0.15) is 48.7 Å². The number of nitrogens with one attached hydrogen (secondary N) is 3. The van der Waals surface area contributed by atoms with E-state index in [1.807, 2.05) is 33.8 Å². The highest BCUT2D eigenvalue weighted by Crippen LogP contribution is 2.26. The number of carbonyl (C=O) groups is 9. The molecule has 2 aromatic rings. The summed E-state index contributed by atoms with van der Waals surface area (Å²) in [6.45, 7) is 17.0. The van der Waals surface area contributed by atoms with E-state index >= 15 is 0 Å². The topological polar surface area (TPSA) is 257 Å². The van der Waals surface area contributed by atoms with Crippen LogP contribution in [0.3, 0.4) is 0 Å². The molecule has 2 aliphatic rings. The van der Waals surface area contributed by atoms with Crippen LogP contribution in [0.5, 0.6) is 5.75 Å². The van der Waals surface area contributed by atoms with Gasteiger partial charge in [-0.15, -0.1) is 0 Å². The predicted molar refractivity (Wildman–Crippen MR) is 285 cm³/mol. The van der Waals surface area contributed by atoms with Crippen molar-refractivity contribution in [1.29, 1.82) is 0 Å². The van der Waals surface area contributed by atoms with Gasteiger partial charge in [0.15, 0.2) is 11.9 Å². The van der Waals surface area contributed by atoms with E-state index in [2.05, 4.69) is 16.0 Å². The van der Waals surface area contributed by atoms with Gasteiger partial charge in [0.2, 0.25) is 29.5 Å². The molecule has 20 heteroatoms. The van der Waals surface area contributed by atoms with Crippen molar-refractivity contribution in [3.63, 3.8) is 0 Å². The fourth-order valence-corrected chi connectivity index (χ4v) is 9.55. The fraction of sp³-hybridized carbons (Fsp3) is 0.632. The van der Waals surface area contributed by atoms with E-state index in [1.54, 1.807) is 76.2 Å². The maximum absolute atomic E-state index is 14.9. The van der Waals surface area contributed by atoms with Crippen LogP contribution in [-0.4, -0.2) is 155 Å². The number of amides is 6. The number of ketones is 1. The summed E-state index contributed by atoms with van der Waals surface area (Å²) in [6.07, 6.45) is -4.96. The van der Waals surface area contributed by atoms with Crippen LogP contribution in [0.15, 0.2) is 54.6 Å². The zero-order valence-corrected chi connectivity index (χ0v) is 47.2. The summed E-state index contributed by atoms with van der Waals surface area (Å²) in [4.78, 5) is 133. The van der Waals surface area contributed by atoms with Crippen LogP contribution >= 0.6 is 0 Å². The first-order valence-electron chi connectivity index (χ1n) is 27.0. The number of hydrogen-bond acceptors (Lipinski definition) is 14. The number of carbonyl (C=O) groups excluding carboxylic acids is 9. The summed E-state index contributed by atoms with van der Waals surface area (Å²) in [5.74, 6) is -8.77. The molecule has 11 atom stereocenters. The minimum Gasteiger partial charge on any atom is -0.497 e. The summed E-state index contributed by atoms with van der Waals surface area (Å²) >= 11 is 0. The van der Waals surface area contributed by atoms with Crippen molar-refractivity contribution in [3.05, 3.63) is 65.7 Å². The Hall–Kier alpha value is -6.57. The lowest BCUT2D eigenvalue weighted by Crippen LogP contribution is -2.61. The average Bonchev–Trinajstić information content (AvgIpc) is 3.89. The third-order valence-corrected chi connectivity index (χ3v) is 14.4. The van der Waals surface area contributed by atoms with Crippen LogP contribution in [0.1, 0.15) is 119 Å². The van der Waals surface area contributed by atoms with Gasteiger partial charge < -0.3 is 49.8 Å². The Balaban J connectivity index is 1.86. The largest absolute Gasteiger partial charge is 0.497 e. The molecule has 6 amide bonds. The number of aliphatic hydroxyl groups is 1. The first-order chi connectivity index (χ1) is 36.3. The smallest absolute Gasteiger partial charge is 0.410 e. The van der Waals surface area contributed by atoms with Crippen molar-refractivity contribution >= 4 is 53.4 Å². The first-order valence-corrected chi connectivity index (χ1v) is 27.0. The van der Waals surface area contributed by atoms with Gasteiger partial charge in [-0.3, -0.25) is 38.5 Å². The molecule has 0 aliphatic carbocycles. The molecule has 0 bridgehead atoms. The van der Waals surface area contributed by atoms with E-state index in [4.69, 9.17) is 18.9 Å². The molecule has 4 rings (SSSR count). The second-order valence-corrected chi connectivity index (χ2v) is 21.8. The molecule has 2 saturated heterocycles. The van der Waals surface area contributed by atoms with E-state index < -0.39 is 132 Å². The SMILES string of the molecule is CC[C@H](C)C1NC(=O)C(NC(=O)[C@@H](CC(C)C)N(C)C(=O)OCc2ccccc2)[C@@H](C)OC(=O)C(Cc2ccc(OC)cc2)N(C)C(=O)[C@@H]2CCCN2C(=O)C(CC(C)C)NC(=O)[C@@H](C)C(=O)C(C(C)C)OC(=O)C[C@H]1O. The highest BCUT2D eigenvalue weighted by atomic mass is 16.6. The first kappa shape index (κ1) is 63.0. The van der Waals surface area contributed by atoms with Crippen molar-refractivity contribution in [3.8, 4) is 5.75 Å². The van der Waals surface area contributed by atoms with Gasteiger partial charge in [0.05, 0.1) is 31.6 Å². The second-order valence-electron chi connectivity index (χ2n) is 21.8. The van der Waals surface area contributed by atoms with Crippen molar-refractivity contribution in [2.24, 2.45) is 29.6 Å². The maximum Gasteiger partial charge on any atom is 0.410 e. The molecule has 0 radical (unpaired) electrons. The molecular weight excluding hydrogens is 993 g/mol. The monoisotopic (exact) mass is 1080 g/mol. The zero-order valence-electron chi connectivity index (χ0n) is 47.2. The summed E-state index contributed by atoms with van der Waals surface area (Å²) in [5.41, 5.74) is 1.30. The Morgan fingerprint density at radius 3 is 2.09 bits per heavy atom. The van der Waals surface area contributed by atoms with Crippen LogP contribution in [0, 0.1) is 29.6 Å². The molecule has 0 aromatic heterocycles. The van der Waals surface area contributed by atoms with Gasteiger partial charge >= 0.3 is 18.0 Å². The van der Waals surface area contributed by atoms with Crippen LogP contribution < -0.4 is 20.7 Å². The van der Waals surface area contributed by atoms with Crippen LogP contribution in [-0.2, 0) is 65.6 Å². The Kier molecular flexibility index (Phi) is 23.9. The van der Waals surface area contributed by atoms with Crippen LogP contribution in [0.25, 0.3) is 0 Å². The number of rotatable bonds is 15. The Labute approximate surface area is 454 Å². The van der Waals surface area contributed by atoms with E-state index in [0.717, 1.165) is 4.90 Å². The van der Waals surface area contributed by atoms with Crippen molar-refractivity contribution in [1.82, 2.24) is 30.7 Å². The Bertz CT molecular complexity index is 2350. The molecule has 2 aliphatic heterocycles. The number of cyclic esters (lactones) is 2. The molecule has 426 valence electrons. The number of benzene rings is 2. The maximum atomic E-state index is 14.9. The second kappa shape index (κ2) is 29.2. The fourth-order valence-electron chi connectivity index (χ4n) is 9.55. The van der Waals surface area contributed by atoms with E-state index in [1.165, 1.54) is 44.9 Å². The number of esters is 2. The molecule has 0 spiro atoms. The lowest BCUT2D eigenvalue weighted by molar-refractivity contribution is -0.163. The Morgan fingerprint density at radius 1 is 0.857 bits per heavy atom. The van der Waals surface area contributed by atoms with Crippen molar-refractivity contribution in [2.75, 3.05) is 27.7 Å². The number of ether oxygens (including phenoxy) is 4. The molecule has 5 unspecified atom stereocenters. The number of Topliss-reactive ketones (excluding diaryl/α,β-unsaturated/α-hetero) is 1. The van der Waals surface area contributed by atoms with Gasteiger partial charge in [-0.05, 0) is 86.5 Å². The van der Waals surface area contributed by atoms with E-state index in [-0.39, 0.29) is 50.7 Å². The van der Waals surface area contributed by atoms with Crippen molar-refractivity contribution in [2.45, 2.75) is 175 Å². The van der Waals surface area contributed by atoms with Gasteiger partial charge in [-0.25, -0.2) is 9.59 Å². The average molecular weight is 1080 g/mol.